The topological polar surface area (TPSA) is 9.23 Å². The van der Waals surface area contributed by atoms with E-state index in [0.29, 0.717) is 11.7 Å². The third-order valence-corrected chi connectivity index (χ3v) is 18.7. The van der Waals surface area contributed by atoms with Gasteiger partial charge in [0.05, 0.1) is 8.07 Å². The van der Waals surface area contributed by atoms with E-state index in [1.807, 2.05) is 12.1 Å². The Morgan fingerprint density at radius 1 is 1.00 bits per heavy atom. The molecule has 1 aromatic carbocycles. The molecule has 2 aliphatic rings. The van der Waals surface area contributed by atoms with Crippen LogP contribution in [0.2, 0.25) is 42.8 Å². The van der Waals surface area contributed by atoms with E-state index in [2.05, 4.69) is 59.5 Å². The van der Waals surface area contributed by atoms with Gasteiger partial charge in [0.25, 0.3) is 8.32 Å². The fourth-order valence-corrected chi connectivity index (χ4v) is 11.1. The van der Waals surface area contributed by atoms with Gasteiger partial charge in [0.2, 0.25) is 0 Å². The second-order valence-corrected chi connectivity index (χ2v) is 23.5. The number of benzene rings is 1. The van der Waals surface area contributed by atoms with Gasteiger partial charge in [0.1, 0.15) is 5.75 Å². The summed E-state index contributed by atoms with van der Waals surface area (Å²) in [5, 5.41) is 0.0602. The highest BCUT2D eigenvalue weighted by Gasteiger charge is 2.39. The Labute approximate surface area is 218 Å². The van der Waals surface area contributed by atoms with E-state index >= 15 is 0 Å². The van der Waals surface area contributed by atoms with E-state index in [1.54, 1.807) is 24.2 Å². The van der Waals surface area contributed by atoms with Crippen LogP contribution in [0.5, 0.6) is 5.75 Å². The van der Waals surface area contributed by atoms with Crippen LogP contribution in [-0.2, 0) is 0 Å². The first kappa shape index (κ1) is 28.7. The van der Waals surface area contributed by atoms with Crippen molar-refractivity contribution in [3.05, 3.63) is 35.7 Å². The van der Waals surface area contributed by atoms with Gasteiger partial charge in [-0.3, -0.25) is 0 Å². The molecule has 198 valence electrons. The van der Waals surface area contributed by atoms with Crippen molar-refractivity contribution >= 4 is 22.5 Å². The van der Waals surface area contributed by atoms with Crippen molar-refractivity contribution in [1.29, 1.82) is 0 Å². The first-order valence-corrected chi connectivity index (χ1v) is 20.6. The smallest absolute Gasteiger partial charge is 0.250 e. The summed E-state index contributed by atoms with van der Waals surface area (Å²) in [6.45, 7) is 15.9. The zero-order valence-corrected chi connectivity index (χ0v) is 25.9. The van der Waals surface area contributed by atoms with Crippen LogP contribution < -0.4 is 4.43 Å². The summed E-state index contributed by atoms with van der Waals surface area (Å²) < 4.78 is 21.0. The Bertz CT molecular complexity index is 825. The van der Waals surface area contributed by atoms with Crippen molar-refractivity contribution in [1.82, 2.24) is 0 Å². The largest absolute Gasteiger partial charge is 0.542 e. The van der Waals surface area contributed by atoms with Gasteiger partial charge in [-0.15, -0.1) is 0 Å². The Kier molecular flexibility index (Phi) is 9.93. The molecular formula is C31H53FOSi2. The first-order valence-electron chi connectivity index (χ1n) is 14.6. The number of hydrogen-bond donors (Lipinski definition) is 0. The maximum absolute atomic E-state index is 14.8. The van der Waals surface area contributed by atoms with E-state index < -0.39 is 16.4 Å². The second-order valence-electron chi connectivity index (χ2n) is 13.7. The van der Waals surface area contributed by atoms with Crippen molar-refractivity contribution in [2.45, 2.75) is 128 Å². The molecule has 1 aliphatic heterocycles. The average Bonchev–Trinajstić information content (AvgIpc) is 2.79. The van der Waals surface area contributed by atoms with Crippen LogP contribution in [-0.4, -0.2) is 16.4 Å². The average molecular weight is 517 g/mol. The summed E-state index contributed by atoms with van der Waals surface area (Å²) in [5.74, 6) is 2.77. The van der Waals surface area contributed by atoms with Crippen LogP contribution in [0.4, 0.5) is 4.39 Å². The summed E-state index contributed by atoms with van der Waals surface area (Å²) in [7, 11) is -2.96. The predicted molar refractivity (Wildman–Crippen MR) is 157 cm³/mol. The zero-order valence-electron chi connectivity index (χ0n) is 23.9. The Morgan fingerprint density at radius 2 is 1.63 bits per heavy atom. The van der Waals surface area contributed by atoms with Crippen molar-refractivity contribution in [3.63, 3.8) is 0 Å². The van der Waals surface area contributed by atoms with Gasteiger partial charge in [-0.1, -0.05) is 103 Å². The molecule has 0 radical (unpaired) electrons. The molecule has 0 spiro atoms. The minimum atomic E-state index is -2.03. The Balaban J connectivity index is 1.46. The van der Waals surface area contributed by atoms with Gasteiger partial charge in [-0.05, 0) is 79.3 Å². The van der Waals surface area contributed by atoms with Crippen molar-refractivity contribution in [2.24, 2.45) is 17.8 Å². The van der Waals surface area contributed by atoms with Crippen LogP contribution in [0.1, 0.15) is 91.0 Å². The molecule has 35 heavy (non-hydrogen) atoms. The molecule has 1 heterocycles. The quantitative estimate of drug-likeness (QED) is 0.234. The Hall–Kier alpha value is -0.876. The van der Waals surface area contributed by atoms with Crippen molar-refractivity contribution in [3.8, 4) is 5.75 Å². The van der Waals surface area contributed by atoms with Crippen molar-refractivity contribution in [2.75, 3.05) is 0 Å². The Morgan fingerprint density at radius 3 is 2.20 bits per heavy atom. The van der Waals surface area contributed by atoms with Gasteiger partial charge >= 0.3 is 0 Å². The normalized spacial score (nSPS) is 28.4. The highest BCUT2D eigenvalue weighted by Crippen LogP contribution is 2.44. The molecule has 1 saturated heterocycles. The van der Waals surface area contributed by atoms with Gasteiger partial charge in [-0.2, -0.15) is 0 Å². The number of rotatable bonds is 9. The van der Waals surface area contributed by atoms with E-state index in [9.17, 15) is 4.39 Å². The highest BCUT2D eigenvalue weighted by molar-refractivity contribution is 6.78. The van der Waals surface area contributed by atoms with E-state index in [0.717, 1.165) is 17.4 Å². The zero-order chi connectivity index (χ0) is 25.7. The summed E-state index contributed by atoms with van der Waals surface area (Å²) in [6, 6.07) is 10.2. The fraction of sp³-hybridized carbons (Fsp3) is 0.742. The minimum Gasteiger partial charge on any atom is -0.542 e. The molecule has 0 amide bonds. The lowest BCUT2D eigenvalue weighted by Gasteiger charge is -2.41. The van der Waals surface area contributed by atoms with Gasteiger partial charge in [-0.25, -0.2) is 4.39 Å². The summed E-state index contributed by atoms with van der Waals surface area (Å²) in [4.78, 5) is 0. The molecule has 3 rings (SSSR count). The standard InChI is InChI=1S/C31H53FOSi2/c1-8-9-10-21-35(7)22-19-28(20-23-35)27-16-13-25(14-17-27)11-12-26-15-18-30(29(32)24-26)33-34(5,6)31(2,3)4/h11-12,15,18,24-25,27-28H,8-10,13-14,16-17,19-23H2,1-7H3. The maximum atomic E-state index is 14.8. The third-order valence-electron chi connectivity index (χ3n) is 9.79. The lowest BCUT2D eigenvalue weighted by atomic mass is 9.74. The highest BCUT2D eigenvalue weighted by atomic mass is 28.4. The molecule has 0 bridgehead atoms. The van der Waals surface area contributed by atoms with E-state index in [4.69, 9.17) is 4.43 Å². The lowest BCUT2D eigenvalue weighted by molar-refractivity contribution is 0.207. The molecule has 1 nitrogen and oxygen atoms in total. The molecular weight excluding hydrogens is 464 g/mol. The monoisotopic (exact) mass is 516 g/mol. The molecule has 1 aliphatic carbocycles. The van der Waals surface area contributed by atoms with Crippen LogP contribution in [0.25, 0.3) is 6.08 Å². The number of halogens is 1. The third kappa shape index (κ3) is 8.05. The molecule has 0 aromatic heterocycles. The maximum Gasteiger partial charge on any atom is 0.250 e. The number of hydrogen-bond acceptors (Lipinski definition) is 1. The molecule has 1 saturated carbocycles. The second kappa shape index (κ2) is 12.1. The van der Waals surface area contributed by atoms with Gasteiger partial charge in [0, 0.05) is 0 Å². The molecule has 0 N–H and O–H groups in total. The summed E-state index contributed by atoms with van der Waals surface area (Å²) >= 11 is 0. The van der Waals surface area contributed by atoms with Crippen LogP contribution >= 0.6 is 0 Å². The lowest BCUT2D eigenvalue weighted by Crippen LogP contribution is -2.44. The fourth-order valence-electron chi connectivity index (χ4n) is 6.05. The van der Waals surface area contributed by atoms with Crippen molar-refractivity contribution < 1.29 is 8.82 Å². The van der Waals surface area contributed by atoms with E-state index in [1.165, 1.54) is 57.8 Å². The number of unbranched alkanes of at least 4 members (excludes halogenated alkanes) is 2. The van der Waals surface area contributed by atoms with E-state index in [-0.39, 0.29) is 10.9 Å². The van der Waals surface area contributed by atoms with Crippen LogP contribution in [0, 0.1) is 23.6 Å². The predicted octanol–water partition coefficient (Wildman–Crippen LogP) is 10.7. The van der Waals surface area contributed by atoms with Crippen LogP contribution in [0.3, 0.4) is 0 Å². The van der Waals surface area contributed by atoms with Gasteiger partial charge < -0.3 is 4.43 Å². The van der Waals surface area contributed by atoms with Gasteiger partial charge in [0.15, 0.2) is 5.82 Å². The number of allylic oxidation sites excluding steroid dienone is 1. The van der Waals surface area contributed by atoms with Crippen LogP contribution in [0.15, 0.2) is 24.3 Å². The SMILES string of the molecule is CCCCC[Si]1(C)CCC(C2CCC(C=Cc3ccc(O[Si](C)(C)C(C)(C)C)c(F)c3)CC2)CC1. The minimum absolute atomic E-state index is 0.0602. The molecule has 4 heteroatoms. The first-order chi connectivity index (χ1) is 16.4. The molecule has 0 unspecified atom stereocenters. The molecule has 1 aromatic rings. The molecule has 2 fully saturated rings. The summed E-state index contributed by atoms with van der Waals surface area (Å²) in [5.41, 5.74) is 0.951. The molecule has 0 atom stereocenters. The summed E-state index contributed by atoms with van der Waals surface area (Å²) in [6.07, 6.45) is 17.2.